The maximum absolute atomic E-state index is 12.4. The lowest BCUT2D eigenvalue weighted by Gasteiger charge is -2.16. The molecule has 0 aromatic heterocycles. The highest BCUT2D eigenvalue weighted by molar-refractivity contribution is 6.34. The molecule has 0 bridgehead atoms. The van der Waals surface area contributed by atoms with Crippen LogP contribution in [0.3, 0.4) is 0 Å². The molecule has 1 aliphatic heterocycles. The minimum atomic E-state index is -0.504. The number of methoxy groups -OCH3 is 1. The molecule has 0 spiro atoms. The highest BCUT2D eigenvalue weighted by Crippen LogP contribution is 2.36. The van der Waals surface area contributed by atoms with E-state index in [2.05, 4.69) is 11.7 Å². The summed E-state index contributed by atoms with van der Waals surface area (Å²) in [6.45, 7) is 2.75. The zero-order chi connectivity index (χ0) is 13.8. The molecule has 1 aromatic rings. The number of amides is 1. The van der Waals surface area contributed by atoms with Gasteiger partial charge in [0, 0.05) is 18.2 Å². The molecule has 1 aromatic carbocycles. The average molecular weight is 259 g/mol. The summed E-state index contributed by atoms with van der Waals surface area (Å²) in [4.78, 5) is 25.5. The first kappa shape index (κ1) is 13.3. The Bertz CT molecular complexity index is 534. The number of carbonyl (C=O) groups is 2. The van der Waals surface area contributed by atoms with Gasteiger partial charge in [0.05, 0.1) is 18.4 Å². The number of rotatable bonds is 4. The van der Waals surface area contributed by atoms with Crippen LogP contribution >= 0.6 is 0 Å². The zero-order valence-corrected chi connectivity index (χ0v) is 11.2. The fourth-order valence-corrected chi connectivity index (χ4v) is 2.16. The molecule has 0 aliphatic carbocycles. The van der Waals surface area contributed by atoms with Crippen LogP contribution in [0, 0.1) is 0 Å². The van der Waals surface area contributed by atoms with Gasteiger partial charge in [-0.05, 0) is 12.5 Å². The second-order valence-corrected chi connectivity index (χ2v) is 4.41. The smallest absolute Gasteiger partial charge is 0.331 e. The Morgan fingerprint density at radius 2 is 2.11 bits per heavy atom. The third-order valence-corrected chi connectivity index (χ3v) is 3.16. The summed E-state index contributed by atoms with van der Waals surface area (Å²) in [5.74, 6) is -0.629. The van der Waals surface area contributed by atoms with Gasteiger partial charge in [0.2, 0.25) is 0 Å². The van der Waals surface area contributed by atoms with Gasteiger partial charge in [-0.2, -0.15) is 0 Å². The van der Waals surface area contributed by atoms with E-state index in [9.17, 15) is 9.59 Å². The lowest BCUT2D eigenvalue weighted by Crippen LogP contribution is -2.27. The van der Waals surface area contributed by atoms with Crippen LogP contribution < -0.4 is 4.90 Å². The molecule has 0 saturated heterocycles. The Hall–Kier alpha value is -2.10. The van der Waals surface area contributed by atoms with Crippen molar-refractivity contribution in [2.75, 3.05) is 18.6 Å². The van der Waals surface area contributed by atoms with Gasteiger partial charge in [-0.3, -0.25) is 4.79 Å². The van der Waals surface area contributed by atoms with Gasteiger partial charge in [0.15, 0.2) is 0 Å². The van der Waals surface area contributed by atoms with E-state index in [0.29, 0.717) is 12.1 Å². The molecule has 4 heteroatoms. The number of anilines is 1. The Morgan fingerprint density at radius 1 is 1.37 bits per heavy atom. The molecule has 19 heavy (non-hydrogen) atoms. The predicted molar refractivity (Wildman–Crippen MR) is 73.7 cm³/mol. The summed E-state index contributed by atoms with van der Waals surface area (Å²) >= 11 is 0. The summed E-state index contributed by atoms with van der Waals surface area (Å²) in [6.07, 6.45) is 3.22. The Morgan fingerprint density at radius 3 is 2.79 bits per heavy atom. The number of esters is 1. The van der Waals surface area contributed by atoms with Crippen molar-refractivity contribution in [3.63, 3.8) is 0 Å². The Kier molecular flexibility index (Phi) is 4.00. The third-order valence-electron chi connectivity index (χ3n) is 3.16. The first-order chi connectivity index (χ1) is 9.19. The van der Waals surface area contributed by atoms with Crippen molar-refractivity contribution in [3.8, 4) is 0 Å². The number of unbranched alkanes of at least 4 members (excludes halogenated alkanes) is 1. The number of hydrogen-bond acceptors (Lipinski definition) is 3. The second kappa shape index (κ2) is 5.69. The molecule has 0 atom stereocenters. The highest BCUT2D eigenvalue weighted by atomic mass is 16.5. The van der Waals surface area contributed by atoms with E-state index in [4.69, 9.17) is 0 Å². The zero-order valence-electron chi connectivity index (χ0n) is 11.2. The van der Waals surface area contributed by atoms with Crippen molar-refractivity contribution in [1.29, 1.82) is 0 Å². The molecule has 1 aliphatic rings. The topological polar surface area (TPSA) is 46.6 Å². The lowest BCUT2D eigenvalue weighted by molar-refractivity contribution is -0.135. The van der Waals surface area contributed by atoms with Crippen LogP contribution in [-0.4, -0.2) is 25.5 Å². The largest absolute Gasteiger partial charge is 0.466 e. The Labute approximate surface area is 112 Å². The third kappa shape index (κ3) is 2.52. The molecule has 0 unspecified atom stereocenters. The first-order valence-corrected chi connectivity index (χ1v) is 6.40. The van der Waals surface area contributed by atoms with E-state index in [1.165, 1.54) is 13.2 Å². The van der Waals surface area contributed by atoms with Crippen molar-refractivity contribution in [3.05, 3.63) is 35.9 Å². The van der Waals surface area contributed by atoms with Gasteiger partial charge < -0.3 is 9.64 Å². The molecule has 0 fully saturated rings. The number of para-hydroxylation sites is 1. The summed E-state index contributed by atoms with van der Waals surface area (Å²) in [5.41, 5.74) is 2.09. The quantitative estimate of drug-likeness (QED) is 0.616. The second-order valence-electron chi connectivity index (χ2n) is 4.41. The van der Waals surface area contributed by atoms with Gasteiger partial charge in [-0.25, -0.2) is 4.79 Å². The standard InChI is InChI=1S/C15H17NO3/c1-3-4-9-16-13-8-6-5-7-11(13)12(15(16)18)10-14(17)19-2/h5-8,10H,3-4,9H2,1-2H3/b12-10+. The van der Waals surface area contributed by atoms with Crippen LogP contribution in [0.15, 0.2) is 30.3 Å². The van der Waals surface area contributed by atoms with Gasteiger partial charge >= 0.3 is 5.97 Å². The molecule has 2 rings (SSSR count). The number of carbonyl (C=O) groups excluding carboxylic acids is 2. The van der Waals surface area contributed by atoms with E-state index in [1.54, 1.807) is 4.90 Å². The van der Waals surface area contributed by atoms with Crippen LogP contribution in [-0.2, 0) is 14.3 Å². The molecule has 0 N–H and O–H groups in total. The average Bonchev–Trinajstić information content (AvgIpc) is 2.70. The summed E-state index contributed by atoms with van der Waals surface area (Å²) in [5, 5.41) is 0. The summed E-state index contributed by atoms with van der Waals surface area (Å²) in [7, 11) is 1.31. The number of hydrogen-bond donors (Lipinski definition) is 0. The van der Waals surface area contributed by atoms with Gasteiger partial charge in [-0.15, -0.1) is 0 Å². The molecule has 100 valence electrons. The SMILES string of the molecule is CCCCN1C(=O)/C(=C/C(=O)OC)c2ccccc21. The van der Waals surface area contributed by atoms with Crippen LogP contribution in [0.4, 0.5) is 5.69 Å². The maximum Gasteiger partial charge on any atom is 0.331 e. The minimum absolute atomic E-state index is 0.125. The number of fused-ring (bicyclic) bond motifs is 1. The fourth-order valence-electron chi connectivity index (χ4n) is 2.16. The van der Waals surface area contributed by atoms with Crippen molar-refractivity contribution >= 4 is 23.1 Å². The lowest BCUT2D eigenvalue weighted by atomic mass is 10.1. The normalized spacial score (nSPS) is 15.8. The molecular formula is C15H17NO3. The molecule has 4 nitrogen and oxygen atoms in total. The van der Waals surface area contributed by atoms with Crippen molar-refractivity contribution in [2.24, 2.45) is 0 Å². The van der Waals surface area contributed by atoms with E-state index >= 15 is 0 Å². The minimum Gasteiger partial charge on any atom is -0.466 e. The van der Waals surface area contributed by atoms with Crippen LogP contribution in [0.25, 0.3) is 5.57 Å². The molecule has 1 amide bonds. The summed E-state index contributed by atoms with van der Waals surface area (Å²) < 4.78 is 4.61. The van der Waals surface area contributed by atoms with Crippen molar-refractivity contribution in [2.45, 2.75) is 19.8 Å². The van der Waals surface area contributed by atoms with Gasteiger partial charge in [-0.1, -0.05) is 31.5 Å². The fraction of sp³-hybridized carbons (Fsp3) is 0.333. The maximum atomic E-state index is 12.4. The van der Waals surface area contributed by atoms with Crippen LogP contribution in [0.5, 0.6) is 0 Å². The number of benzene rings is 1. The molecule has 0 saturated carbocycles. The number of nitrogens with zero attached hydrogens (tertiary/aromatic N) is 1. The van der Waals surface area contributed by atoms with Crippen molar-refractivity contribution < 1.29 is 14.3 Å². The Balaban J connectivity index is 2.40. The molecular weight excluding hydrogens is 242 g/mol. The van der Waals surface area contributed by atoms with E-state index < -0.39 is 5.97 Å². The monoisotopic (exact) mass is 259 g/mol. The van der Waals surface area contributed by atoms with Gasteiger partial charge in [0.25, 0.3) is 5.91 Å². The van der Waals surface area contributed by atoms with Crippen LogP contribution in [0.1, 0.15) is 25.3 Å². The predicted octanol–water partition coefficient (Wildman–Crippen LogP) is 2.39. The highest BCUT2D eigenvalue weighted by Gasteiger charge is 2.32. The van der Waals surface area contributed by atoms with E-state index in [-0.39, 0.29) is 5.91 Å². The number of ether oxygens (including phenoxy) is 1. The molecule has 1 heterocycles. The molecule has 0 radical (unpaired) electrons. The van der Waals surface area contributed by atoms with E-state index in [1.807, 2.05) is 24.3 Å². The summed E-state index contributed by atoms with van der Waals surface area (Å²) in [6, 6.07) is 7.52. The van der Waals surface area contributed by atoms with Gasteiger partial charge in [0.1, 0.15) is 0 Å². The van der Waals surface area contributed by atoms with Crippen LogP contribution in [0.2, 0.25) is 0 Å². The van der Waals surface area contributed by atoms with Crippen molar-refractivity contribution in [1.82, 2.24) is 0 Å². The first-order valence-electron chi connectivity index (χ1n) is 6.40. The van der Waals surface area contributed by atoms with E-state index in [0.717, 1.165) is 24.1 Å².